The molecule has 0 bridgehead atoms. The Hall–Kier alpha value is -1.45. The number of hydrogen-bond donors (Lipinski definition) is 0. The van der Waals surface area contributed by atoms with Gasteiger partial charge in [0.25, 0.3) is 0 Å². The van der Waals surface area contributed by atoms with E-state index in [2.05, 4.69) is 65.9 Å². The van der Waals surface area contributed by atoms with Gasteiger partial charge in [-0.1, -0.05) is 45.8 Å². The molecule has 3 rings (SSSR count). The fourth-order valence-corrected chi connectivity index (χ4v) is 4.28. The molecule has 2 nitrogen and oxygen atoms in total. The van der Waals surface area contributed by atoms with Gasteiger partial charge in [0.1, 0.15) is 0 Å². The van der Waals surface area contributed by atoms with Crippen molar-refractivity contribution in [2.45, 2.75) is 46.8 Å². The van der Waals surface area contributed by atoms with E-state index in [1.54, 1.807) is 6.92 Å². The predicted octanol–water partition coefficient (Wildman–Crippen LogP) is 5.02. The number of hydrogen-bond acceptors (Lipinski definition) is 2. The molecular formula is C20H22BrNO. The van der Waals surface area contributed by atoms with Crippen LogP contribution in [0.4, 0.5) is 0 Å². The van der Waals surface area contributed by atoms with E-state index in [1.165, 1.54) is 27.8 Å². The quantitative estimate of drug-likeness (QED) is 0.754. The normalized spacial score (nSPS) is 17.3. The Balaban J connectivity index is 1.99. The highest BCUT2D eigenvalue weighted by Gasteiger charge is 2.34. The van der Waals surface area contributed by atoms with Crippen molar-refractivity contribution in [1.29, 1.82) is 0 Å². The maximum atomic E-state index is 12.3. The van der Waals surface area contributed by atoms with Crippen molar-refractivity contribution in [1.82, 2.24) is 4.90 Å². The summed E-state index contributed by atoms with van der Waals surface area (Å²) in [4.78, 5) is 14.6. The molecule has 0 saturated carbocycles. The number of rotatable bonds is 3. The molecule has 1 aliphatic rings. The molecule has 0 aliphatic carbocycles. The third-order valence-corrected chi connectivity index (χ3v) is 5.51. The number of halogens is 1. The summed E-state index contributed by atoms with van der Waals surface area (Å²) in [6.45, 7) is 9.78. The molecule has 0 N–H and O–H groups in total. The Labute approximate surface area is 146 Å². The van der Waals surface area contributed by atoms with Crippen LogP contribution in [0.25, 0.3) is 0 Å². The summed E-state index contributed by atoms with van der Waals surface area (Å²) < 4.78 is 1.10. The SMILES string of the molecule is CC(=O)C1c2cccc(Br)c2CN1Cc1c(C)cc(C)cc1C. The highest BCUT2D eigenvalue weighted by molar-refractivity contribution is 9.10. The number of carbonyl (C=O) groups excluding carboxylic acids is 1. The van der Waals surface area contributed by atoms with E-state index in [0.29, 0.717) is 0 Å². The van der Waals surface area contributed by atoms with Crippen LogP contribution in [0.5, 0.6) is 0 Å². The summed E-state index contributed by atoms with van der Waals surface area (Å²) in [6.07, 6.45) is 0. The zero-order chi connectivity index (χ0) is 16.7. The van der Waals surface area contributed by atoms with E-state index in [-0.39, 0.29) is 11.8 Å². The molecular weight excluding hydrogens is 350 g/mol. The number of aryl methyl sites for hydroxylation is 3. The average molecular weight is 372 g/mol. The highest BCUT2D eigenvalue weighted by Crippen LogP contribution is 2.39. The van der Waals surface area contributed by atoms with Crippen molar-refractivity contribution in [2.24, 2.45) is 0 Å². The maximum Gasteiger partial charge on any atom is 0.151 e. The molecule has 0 fully saturated rings. The minimum atomic E-state index is -0.136. The monoisotopic (exact) mass is 371 g/mol. The van der Waals surface area contributed by atoms with Gasteiger partial charge in [-0.15, -0.1) is 0 Å². The first-order valence-corrected chi connectivity index (χ1v) is 8.76. The van der Waals surface area contributed by atoms with Gasteiger partial charge in [-0.3, -0.25) is 9.69 Å². The minimum absolute atomic E-state index is 0.136. The smallest absolute Gasteiger partial charge is 0.151 e. The van der Waals surface area contributed by atoms with Gasteiger partial charge < -0.3 is 0 Å². The van der Waals surface area contributed by atoms with Crippen LogP contribution in [0.15, 0.2) is 34.8 Å². The number of benzene rings is 2. The lowest BCUT2D eigenvalue weighted by molar-refractivity contribution is -0.122. The first-order valence-electron chi connectivity index (χ1n) is 7.97. The fourth-order valence-electron chi connectivity index (χ4n) is 3.78. The van der Waals surface area contributed by atoms with Crippen molar-refractivity contribution >= 4 is 21.7 Å². The molecule has 0 radical (unpaired) electrons. The van der Waals surface area contributed by atoms with Crippen LogP contribution in [0, 0.1) is 20.8 Å². The standard InChI is InChI=1S/C20H22BrNO/c1-12-8-13(2)17(14(3)9-12)10-22-11-18-16(20(22)15(4)23)6-5-7-19(18)21/h5-9,20H,10-11H2,1-4H3. The third kappa shape index (κ3) is 3.00. The lowest BCUT2D eigenvalue weighted by Gasteiger charge is -2.25. The molecule has 0 spiro atoms. The van der Waals surface area contributed by atoms with Gasteiger partial charge >= 0.3 is 0 Å². The molecule has 1 unspecified atom stereocenters. The van der Waals surface area contributed by atoms with Gasteiger partial charge in [0.2, 0.25) is 0 Å². The number of fused-ring (bicyclic) bond motifs is 1. The fraction of sp³-hybridized carbons (Fsp3) is 0.350. The zero-order valence-corrected chi connectivity index (χ0v) is 15.7. The Morgan fingerprint density at radius 3 is 2.48 bits per heavy atom. The summed E-state index contributed by atoms with van der Waals surface area (Å²) in [5.41, 5.74) is 7.63. The maximum absolute atomic E-state index is 12.3. The Morgan fingerprint density at radius 2 is 1.87 bits per heavy atom. The molecule has 120 valence electrons. The van der Waals surface area contributed by atoms with Crippen molar-refractivity contribution < 1.29 is 4.79 Å². The third-order valence-electron chi connectivity index (χ3n) is 4.76. The highest BCUT2D eigenvalue weighted by atomic mass is 79.9. The molecule has 2 aromatic rings. The van der Waals surface area contributed by atoms with Gasteiger partial charge in [0.05, 0.1) is 6.04 Å². The van der Waals surface area contributed by atoms with Crippen LogP contribution in [0.2, 0.25) is 0 Å². The summed E-state index contributed by atoms with van der Waals surface area (Å²) in [7, 11) is 0. The number of ketones is 1. The molecule has 23 heavy (non-hydrogen) atoms. The second-order valence-corrected chi connectivity index (χ2v) is 7.46. The first kappa shape index (κ1) is 16.4. The minimum Gasteiger partial charge on any atom is -0.298 e. The van der Waals surface area contributed by atoms with E-state index in [9.17, 15) is 4.79 Å². The molecule has 2 aromatic carbocycles. The second-order valence-electron chi connectivity index (χ2n) is 6.60. The largest absolute Gasteiger partial charge is 0.298 e. The van der Waals surface area contributed by atoms with E-state index in [0.717, 1.165) is 23.1 Å². The summed E-state index contributed by atoms with van der Waals surface area (Å²) in [6, 6.07) is 10.5. The van der Waals surface area contributed by atoms with Gasteiger partial charge in [-0.25, -0.2) is 0 Å². The molecule has 0 amide bonds. The van der Waals surface area contributed by atoms with E-state index in [1.807, 2.05) is 6.07 Å². The summed E-state index contributed by atoms with van der Waals surface area (Å²) >= 11 is 3.64. The predicted molar refractivity (Wildman–Crippen MR) is 97.5 cm³/mol. The Bertz CT molecular complexity index is 758. The molecule has 0 aromatic heterocycles. The van der Waals surface area contributed by atoms with Crippen LogP contribution < -0.4 is 0 Å². The zero-order valence-electron chi connectivity index (χ0n) is 14.1. The van der Waals surface area contributed by atoms with Gasteiger partial charge in [0.15, 0.2) is 5.78 Å². The number of nitrogens with zero attached hydrogens (tertiary/aromatic N) is 1. The topological polar surface area (TPSA) is 20.3 Å². The summed E-state index contributed by atoms with van der Waals surface area (Å²) in [5, 5.41) is 0. The summed E-state index contributed by atoms with van der Waals surface area (Å²) in [5.74, 6) is 0.212. The first-order chi connectivity index (χ1) is 10.9. The van der Waals surface area contributed by atoms with E-state index >= 15 is 0 Å². The average Bonchev–Trinajstić information content (AvgIpc) is 2.82. The van der Waals surface area contributed by atoms with Crippen molar-refractivity contribution in [2.75, 3.05) is 0 Å². The molecule has 1 aliphatic heterocycles. The van der Waals surface area contributed by atoms with Gasteiger partial charge in [0, 0.05) is 17.6 Å². The van der Waals surface area contributed by atoms with Crippen LogP contribution in [-0.4, -0.2) is 10.7 Å². The lowest BCUT2D eigenvalue weighted by atomic mass is 9.98. The van der Waals surface area contributed by atoms with Crippen molar-refractivity contribution in [3.63, 3.8) is 0 Å². The molecule has 0 saturated heterocycles. The van der Waals surface area contributed by atoms with Gasteiger partial charge in [-0.2, -0.15) is 0 Å². The van der Waals surface area contributed by atoms with E-state index < -0.39 is 0 Å². The molecule has 3 heteroatoms. The number of Topliss-reactive ketones (excluding diaryl/α,β-unsaturated/α-hetero) is 1. The van der Waals surface area contributed by atoms with Crippen LogP contribution in [-0.2, 0) is 17.9 Å². The van der Waals surface area contributed by atoms with Crippen LogP contribution in [0.3, 0.4) is 0 Å². The Morgan fingerprint density at radius 1 is 1.22 bits per heavy atom. The lowest BCUT2D eigenvalue weighted by Crippen LogP contribution is -2.27. The van der Waals surface area contributed by atoms with Gasteiger partial charge in [-0.05, 0) is 61.6 Å². The van der Waals surface area contributed by atoms with Crippen molar-refractivity contribution in [3.05, 3.63) is 68.2 Å². The molecule has 1 heterocycles. The molecule has 1 atom stereocenters. The second kappa shape index (κ2) is 6.21. The Kier molecular flexibility index (Phi) is 4.43. The number of carbonyl (C=O) groups is 1. The van der Waals surface area contributed by atoms with Crippen LogP contribution in [0.1, 0.15) is 46.3 Å². The van der Waals surface area contributed by atoms with Crippen LogP contribution >= 0.6 is 15.9 Å². The van der Waals surface area contributed by atoms with E-state index in [4.69, 9.17) is 0 Å². The van der Waals surface area contributed by atoms with Crippen molar-refractivity contribution in [3.8, 4) is 0 Å².